The molecule has 2 rings (SSSR count). The van der Waals surface area contributed by atoms with E-state index in [9.17, 15) is 5.11 Å². The molecular formula is C15H22N2O2. The molecule has 0 aliphatic carbocycles. The average molecular weight is 262 g/mol. The third kappa shape index (κ3) is 3.35. The van der Waals surface area contributed by atoms with E-state index in [1.807, 2.05) is 19.2 Å². The third-order valence-corrected chi connectivity index (χ3v) is 3.71. The average Bonchev–Trinajstić information content (AvgIpc) is 2.85. The van der Waals surface area contributed by atoms with E-state index in [-0.39, 0.29) is 19.3 Å². The van der Waals surface area contributed by atoms with E-state index in [0.29, 0.717) is 6.42 Å². The summed E-state index contributed by atoms with van der Waals surface area (Å²) in [5.74, 6) is 0. The smallest absolute Gasteiger partial charge is 0.0587 e. The molecule has 4 nitrogen and oxygen atoms in total. The van der Waals surface area contributed by atoms with Crippen molar-refractivity contribution < 1.29 is 10.2 Å². The van der Waals surface area contributed by atoms with Crippen molar-refractivity contribution in [1.82, 2.24) is 9.88 Å². The van der Waals surface area contributed by atoms with Crippen LogP contribution >= 0.6 is 0 Å². The zero-order chi connectivity index (χ0) is 13.7. The number of nitrogens with zero attached hydrogens (tertiary/aromatic N) is 1. The normalized spacial score (nSPS) is 13.3. The number of benzene rings is 1. The summed E-state index contributed by atoms with van der Waals surface area (Å²) in [6.45, 7) is 1.07. The number of aliphatic hydroxyl groups excluding tert-OH is 2. The molecule has 0 bridgehead atoms. The molecule has 19 heavy (non-hydrogen) atoms. The number of para-hydroxylation sites is 1. The highest BCUT2D eigenvalue weighted by Crippen LogP contribution is 2.18. The van der Waals surface area contributed by atoms with Crippen molar-refractivity contribution >= 4 is 10.9 Å². The topological polar surface area (TPSA) is 59.5 Å². The van der Waals surface area contributed by atoms with E-state index in [1.165, 1.54) is 10.9 Å². The van der Waals surface area contributed by atoms with Gasteiger partial charge in [-0.2, -0.15) is 0 Å². The van der Waals surface area contributed by atoms with Crippen LogP contribution in [0, 0.1) is 0 Å². The molecule has 0 saturated heterocycles. The quantitative estimate of drug-likeness (QED) is 0.706. The minimum atomic E-state index is 0.0372. The molecule has 104 valence electrons. The molecule has 1 aromatic heterocycles. The molecule has 1 unspecified atom stereocenters. The van der Waals surface area contributed by atoms with Gasteiger partial charge in [0.05, 0.1) is 6.61 Å². The minimum absolute atomic E-state index is 0.0372. The number of fused-ring (bicyclic) bond motifs is 1. The van der Waals surface area contributed by atoms with E-state index < -0.39 is 0 Å². The summed E-state index contributed by atoms with van der Waals surface area (Å²) in [5.41, 5.74) is 2.46. The van der Waals surface area contributed by atoms with E-state index in [4.69, 9.17) is 5.11 Å². The Hall–Kier alpha value is -1.36. The molecule has 0 aliphatic rings. The van der Waals surface area contributed by atoms with Crippen molar-refractivity contribution in [2.24, 2.45) is 0 Å². The fourth-order valence-electron chi connectivity index (χ4n) is 2.42. The molecule has 0 aliphatic heterocycles. The van der Waals surface area contributed by atoms with E-state index >= 15 is 0 Å². The first-order chi connectivity index (χ1) is 9.26. The van der Waals surface area contributed by atoms with Crippen LogP contribution in [0.4, 0.5) is 0 Å². The lowest BCUT2D eigenvalue weighted by Gasteiger charge is -2.25. The fraction of sp³-hybridized carbons (Fsp3) is 0.467. The van der Waals surface area contributed by atoms with Crippen molar-refractivity contribution in [3.63, 3.8) is 0 Å². The van der Waals surface area contributed by atoms with Gasteiger partial charge in [-0.05, 0) is 31.5 Å². The summed E-state index contributed by atoms with van der Waals surface area (Å²) in [5, 5.41) is 19.5. The minimum Gasteiger partial charge on any atom is -0.396 e. The standard InChI is InChI=1S/C15H22N2O2/c1-17(13(11-19)7-9-18)8-6-12-10-16-15-5-3-2-4-14(12)15/h2-5,10,13,16,18-19H,6-9,11H2,1H3. The number of hydrogen-bond acceptors (Lipinski definition) is 3. The predicted octanol–water partition coefficient (Wildman–Crippen LogP) is 1.39. The summed E-state index contributed by atoms with van der Waals surface area (Å²) in [6, 6.07) is 8.31. The Labute approximate surface area is 113 Å². The second-order valence-corrected chi connectivity index (χ2v) is 4.94. The summed E-state index contributed by atoms with van der Waals surface area (Å²) < 4.78 is 0. The number of aliphatic hydroxyl groups is 2. The van der Waals surface area contributed by atoms with Crippen LogP contribution in [0.5, 0.6) is 0 Å². The number of nitrogens with one attached hydrogen (secondary N) is 1. The Bertz CT molecular complexity index is 510. The molecule has 1 aromatic carbocycles. The van der Waals surface area contributed by atoms with E-state index in [2.05, 4.69) is 28.2 Å². The van der Waals surface area contributed by atoms with Crippen LogP contribution in [-0.2, 0) is 6.42 Å². The van der Waals surface area contributed by atoms with Crippen LogP contribution in [0.2, 0.25) is 0 Å². The van der Waals surface area contributed by atoms with Gasteiger partial charge in [-0.3, -0.25) is 0 Å². The number of likely N-dealkylation sites (N-methyl/N-ethyl adjacent to an activating group) is 1. The molecule has 0 spiro atoms. The van der Waals surface area contributed by atoms with Crippen LogP contribution < -0.4 is 0 Å². The Morgan fingerprint density at radius 1 is 1.26 bits per heavy atom. The number of H-pyrrole nitrogens is 1. The first-order valence-corrected chi connectivity index (χ1v) is 6.73. The Morgan fingerprint density at radius 2 is 2.05 bits per heavy atom. The first kappa shape index (κ1) is 14.1. The van der Waals surface area contributed by atoms with Gasteiger partial charge in [-0.15, -0.1) is 0 Å². The highest BCUT2D eigenvalue weighted by Gasteiger charge is 2.13. The van der Waals surface area contributed by atoms with Gasteiger partial charge in [0.1, 0.15) is 0 Å². The lowest BCUT2D eigenvalue weighted by Crippen LogP contribution is -2.36. The maximum absolute atomic E-state index is 9.30. The Balaban J connectivity index is 1.98. The largest absolute Gasteiger partial charge is 0.396 e. The van der Waals surface area contributed by atoms with Gasteiger partial charge in [0.2, 0.25) is 0 Å². The number of aromatic amines is 1. The molecule has 4 heteroatoms. The van der Waals surface area contributed by atoms with Gasteiger partial charge < -0.3 is 20.1 Å². The van der Waals surface area contributed by atoms with Crippen LogP contribution in [0.15, 0.2) is 30.5 Å². The maximum Gasteiger partial charge on any atom is 0.0587 e. The molecule has 0 amide bonds. The van der Waals surface area contributed by atoms with Crippen molar-refractivity contribution in [2.45, 2.75) is 18.9 Å². The van der Waals surface area contributed by atoms with E-state index in [0.717, 1.165) is 18.5 Å². The van der Waals surface area contributed by atoms with Crippen molar-refractivity contribution in [3.8, 4) is 0 Å². The molecular weight excluding hydrogens is 240 g/mol. The SMILES string of the molecule is CN(CCc1c[nH]c2ccccc12)C(CO)CCO. The number of hydrogen-bond donors (Lipinski definition) is 3. The van der Waals surface area contributed by atoms with Gasteiger partial charge in [0.25, 0.3) is 0 Å². The van der Waals surface area contributed by atoms with Crippen LogP contribution in [0.25, 0.3) is 10.9 Å². The first-order valence-electron chi connectivity index (χ1n) is 6.73. The number of aromatic nitrogens is 1. The van der Waals surface area contributed by atoms with Gasteiger partial charge in [-0.25, -0.2) is 0 Å². The summed E-state index contributed by atoms with van der Waals surface area (Å²) in [6.07, 6.45) is 3.60. The summed E-state index contributed by atoms with van der Waals surface area (Å²) in [4.78, 5) is 5.38. The molecule has 1 atom stereocenters. The lowest BCUT2D eigenvalue weighted by atomic mass is 10.1. The van der Waals surface area contributed by atoms with Gasteiger partial charge in [-0.1, -0.05) is 18.2 Å². The van der Waals surface area contributed by atoms with Gasteiger partial charge in [0, 0.05) is 36.3 Å². The van der Waals surface area contributed by atoms with Crippen molar-refractivity contribution in [1.29, 1.82) is 0 Å². The van der Waals surface area contributed by atoms with Crippen LogP contribution in [0.3, 0.4) is 0 Å². The van der Waals surface area contributed by atoms with Crippen molar-refractivity contribution in [3.05, 3.63) is 36.0 Å². The monoisotopic (exact) mass is 262 g/mol. The van der Waals surface area contributed by atoms with E-state index in [1.54, 1.807) is 0 Å². The Morgan fingerprint density at radius 3 is 2.79 bits per heavy atom. The fourth-order valence-corrected chi connectivity index (χ4v) is 2.42. The second-order valence-electron chi connectivity index (χ2n) is 4.94. The van der Waals surface area contributed by atoms with Crippen LogP contribution in [0.1, 0.15) is 12.0 Å². The highest BCUT2D eigenvalue weighted by atomic mass is 16.3. The summed E-state index contributed by atoms with van der Waals surface area (Å²) in [7, 11) is 1.99. The molecule has 0 radical (unpaired) electrons. The zero-order valence-electron chi connectivity index (χ0n) is 11.3. The van der Waals surface area contributed by atoms with Crippen LogP contribution in [-0.4, -0.2) is 52.9 Å². The second kappa shape index (κ2) is 6.70. The molecule has 1 heterocycles. The van der Waals surface area contributed by atoms with Gasteiger partial charge >= 0.3 is 0 Å². The summed E-state index contributed by atoms with van der Waals surface area (Å²) >= 11 is 0. The zero-order valence-corrected chi connectivity index (χ0v) is 11.3. The molecule has 0 saturated carbocycles. The predicted molar refractivity (Wildman–Crippen MR) is 77.2 cm³/mol. The maximum atomic E-state index is 9.30. The molecule has 0 fully saturated rings. The molecule has 2 aromatic rings. The lowest BCUT2D eigenvalue weighted by molar-refractivity contribution is 0.120. The third-order valence-electron chi connectivity index (χ3n) is 3.71. The number of rotatable bonds is 7. The Kier molecular flexibility index (Phi) is 4.96. The van der Waals surface area contributed by atoms with Crippen molar-refractivity contribution in [2.75, 3.05) is 26.8 Å². The van der Waals surface area contributed by atoms with Gasteiger partial charge in [0.15, 0.2) is 0 Å². The highest BCUT2D eigenvalue weighted by molar-refractivity contribution is 5.83. The molecule has 3 N–H and O–H groups in total.